The van der Waals surface area contributed by atoms with E-state index in [0.717, 1.165) is 24.0 Å². The van der Waals surface area contributed by atoms with Crippen LogP contribution in [0, 0.1) is 11.8 Å². The normalized spacial score (nSPS) is 16.2. The summed E-state index contributed by atoms with van der Waals surface area (Å²) in [5.41, 5.74) is 2.19. The van der Waals surface area contributed by atoms with Gasteiger partial charge in [-0.2, -0.15) is 4.39 Å². The molecule has 0 aliphatic heterocycles. The van der Waals surface area contributed by atoms with Gasteiger partial charge in [-0.25, -0.2) is 8.78 Å². The lowest BCUT2D eigenvalue weighted by Gasteiger charge is -2.22. The van der Waals surface area contributed by atoms with E-state index < -0.39 is 17.4 Å². The van der Waals surface area contributed by atoms with E-state index in [4.69, 9.17) is 4.74 Å². The van der Waals surface area contributed by atoms with E-state index in [1.807, 2.05) is 0 Å². The van der Waals surface area contributed by atoms with E-state index in [0.29, 0.717) is 24.3 Å². The van der Waals surface area contributed by atoms with Gasteiger partial charge in [-0.15, -0.1) is 0 Å². The van der Waals surface area contributed by atoms with Crippen LogP contribution in [0.3, 0.4) is 0 Å². The molecule has 0 amide bonds. The molecule has 1 atom stereocenters. The second-order valence-electron chi connectivity index (χ2n) is 8.26. The molecule has 0 saturated carbocycles. The third-order valence-corrected chi connectivity index (χ3v) is 5.35. The highest BCUT2D eigenvalue weighted by molar-refractivity contribution is 5.52. The minimum absolute atomic E-state index is 0.172. The zero-order valence-electron chi connectivity index (χ0n) is 19.3. The zero-order valence-corrected chi connectivity index (χ0v) is 19.3. The van der Waals surface area contributed by atoms with Crippen molar-refractivity contribution in [2.75, 3.05) is 6.61 Å². The molecule has 0 aromatic heterocycles. The Morgan fingerprint density at radius 1 is 1.03 bits per heavy atom. The fraction of sp³-hybridized carbons (Fsp3) is 0.407. The summed E-state index contributed by atoms with van der Waals surface area (Å²) in [5, 5.41) is 0. The smallest absolute Gasteiger partial charge is 0.200 e. The molecule has 170 valence electrons. The van der Waals surface area contributed by atoms with Gasteiger partial charge in [0.1, 0.15) is 5.83 Å². The van der Waals surface area contributed by atoms with Gasteiger partial charge in [-0.1, -0.05) is 65.7 Å². The Morgan fingerprint density at radius 2 is 1.68 bits per heavy atom. The van der Waals surface area contributed by atoms with Crippen molar-refractivity contribution in [1.82, 2.24) is 0 Å². The molecule has 0 aromatic rings. The first-order valence-electron chi connectivity index (χ1n) is 10.7. The molecule has 1 aliphatic carbocycles. The molecule has 0 spiro atoms. The quantitative estimate of drug-likeness (QED) is 0.221. The van der Waals surface area contributed by atoms with Crippen molar-refractivity contribution in [3.8, 4) is 0 Å². The highest BCUT2D eigenvalue weighted by Crippen LogP contribution is 2.35. The predicted octanol–water partition coefficient (Wildman–Crippen LogP) is 8.93. The van der Waals surface area contributed by atoms with Gasteiger partial charge in [0, 0.05) is 5.57 Å². The summed E-state index contributed by atoms with van der Waals surface area (Å²) in [7, 11) is 0. The molecule has 0 fully saturated rings. The van der Waals surface area contributed by atoms with E-state index in [9.17, 15) is 13.2 Å². The molecular weight excluding hydrogens is 397 g/mol. The zero-order chi connectivity index (χ0) is 23.7. The summed E-state index contributed by atoms with van der Waals surface area (Å²) >= 11 is 0. The van der Waals surface area contributed by atoms with Gasteiger partial charge < -0.3 is 4.74 Å². The Kier molecular flexibility index (Phi) is 10.6. The topological polar surface area (TPSA) is 9.23 Å². The Hall–Kier alpha value is -2.49. The second-order valence-corrected chi connectivity index (χ2v) is 8.26. The van der Waals surface area contributed by atoms with Crippen molar-refractivity contribution in [1.29, 1.82) is 0 Å². The standard InChI is InChI=1S/C27H35F3O/c1-9-31-22(8)27(30)26(29)21(7)18(4)12-13-19(5)23-14-15-24(25(28)16-23)20(6)11-10-17(2)3/h12-13,16-17,20H,4-5,7-11,14-15H2,1-3,6H3/b13-12-,27-26-. The number of rotatable bonds is 12. The van der Waals surface area contributed by atoms with Crippen molar-refractivity contribution in [2.45, 2.75) is 53.4 Å². The summed E-state index contributed by atoms with van der Waals surface area (Å²) in [6, 6.07) is 0. The Bertz CT molecular complexity index is 850. The fourth-order valence-corrected chi connectivity index (χ4v) is 3.24. The summed E-state index contributed by atoms with van der Waals surface area (Å²) in [5.74, 6) is -2.16. The predicted molar refractivity (Wildman–Crippen MR) is 125 cm³/mol. The molecule has 1 nitrogen and oxygen atoms in total. The van der Waals surface area contributed by atoms with Gasteiger partial charge in [-0.3, -0.25) is 0 Å². The number of halogens is 3. The van der Waals surface area contributed by atoms with Crippen LogP contribution in [0.1, 0.15) is 53.4 Å². The molecule has 4 heteroatoms. The lowest BCUT2D eigenvalue weighted by molar-refractivity contribution is 0.224. The van der Waals surface area contributed by atoms with E-state index in [1.54, 1.807) is 13.0 Å². The summed E-state index contributed by atoms with van der Waals surface area (Å²) in [6.07, 6.45) is 8.01. The highest BCUT2D eigenvalue weighted by atomic mass is 19.2. The number of ether oxygens (including phenoxy) is 1. The monoisotopic (exact) mass is 432 g/mol. The Morgan fingerprint density at radius 3 is 2.23 bits per heavy atom. The molecule has 0 radical (unpaired) electrons. The van der Waals surface area contributed by atoms with Crippen LogP contribution in [0.5, 0.6) is 0 Å². The van der Waals surface area contributed by atoms with E-state index in [1.165, 1.54) is 12.2 Å². The van der Waals surface area contributed by atoms with Crippen molar-refractivity contribution < 1.29 is 17.9 Å². The van der Waals surface area contributed by atoms with Crippen molar-refractivity contribution in [3.63, 3.8) is 0 Å². The third-order valence-electron chi connectivity index (χ3n) is 5.35. The SMILES string of the molecule is C=C(/C=C\C(=C)C1=CC(F)=C(C(C)CCC(C)C)CC1)C(=C)/C(F)=C(/F)C(=C)OCC. The van der Waals surface area contributed by atoms with Crippen molar-refractivity contribution in [3.05, 3.63) is 95.6 Å². The lowest BCUT2D eigenvalue weighted by Crippen LogP contribution is -2.07. The first kappa shape index (κ1) is 26.5. The largest absolute Gasteiger partial charge is 0.491 e. The maximum absolute atomic E-state index is 14.7. The van der Waals surface area contributed by atoms with Crippen LogP contribution in [0.25, 0.3) is 0 Å². The summed E-state index contributed by atoms with van der Waals surface area (Å²) < 4.78 is 47.8. The van der Waals surface area contributed by atoms with Gasteiger partial charge in [0.05, 0.1) is 6.61 Å². The average Bonchev–Trinajstić information content (AvgIpc) is 2.73. The van der Waals surface area contributed by atoms with Crippen molar-refractivity contribution >= 4 is 0 Å². The van der Waals surface area contributed by atoms with Gasteiger partial charge in [0.2, 0.25) is 5.83 Å². The first-order chi connectivity index (χ1) is 14.5. The molecule has 0 aromatic carbocycles. The minimum atomic E-state index is -1.21. The van der Waals surface area contributed by atoms with Gasteiger partial charge in [-0.05, 0) is 66.4 Å². The van der Waals surface area contributed by atoms with Crippen LogP contribution >= 0.6 is 0 Å². The highest BCUT2D eigenvalue weighted by Gasteiger charge is 2.20. The number of allylic oxidation sites excluding steroid dienone is 11. The van der Waals surface area contributed by atoms with Crippen LogP contribution in [-0.4, -0.2) is 6.61 Å². The summed E-state index contributed by atoms with van der Waals surface area (Å²) in [4.78, 5) is 0. The molecule has 0 N–H and O–H groups in total. The molecule has 0 heterocycles. The fourth-order valence-electron chi connectivity index (χ4n) is 3.24. The molecular formula is C27H35F3O. The summed E-state index contributed by atoms with van der Waals surface area (Å²) in [6.45, 7) is 22.8. The molecule has 1 unspecified atom stereocenters. The van der Waals surface area contributed by atoms with E-state index in [-0.39, 0.29) is 29.5 Å². The van der Waals surface area contributed by atoms with Crippen LogP contribution in [0.2, 0.25) is 0 Å². The molecule has 0 saturated heterocycles. The maximum atomic E-state index is 14.7. The molecule has 1 aliphatic rings. The average molecular weight is 433 g/mol. The molecule has 31 heavy (non-hydrogen) atoms. The minimum Gasteiger partial charge on any atom is -0.491 e. The first-order valence-corrected chi connectivity index (χ1v) is 10.7. The van der Waals surface area contributed by atoms with E-state index >= 15 is 0 Å². The number of hydrogen-bond donors (Lipinski definition) is 0. The molecule has 0 bridgehead atoms. The van der Waals surface area contributed by atoms with E-state index in [2.05, 4.69) is 47.1 Å². The van der Waals surface area contributed by atoms with Crippen LogP contribution < -0.4 is 0 Å². The van der Waals surface area contributed by atoms with Crippen molar-refractivity contribution in [2.24, 2.45) is 11.8 Å². The van der Waals surface area contributed by atoms with Gasteiger partial charge in [0.25, 0.3) is 0 Å². The van der Waals surface area contributed by atoms with Crippen LogP contribution in [0.15, 0.2) is 95.6 Å². The number of hydrogen-bond acceptors (Lipinski definition) is 1. The molecule has 1 rings (SSSR count). The second kappa shape index (κ2) is 12.4. The van der Waals surface area contributed by atoms with Gasteiger partial charge in [0.15, 0.2) is 11.6 Å². The Balaban J connectivity index is 2.86. The third kappa shape index (κ3) is 7.93. The lowest BCUT2D eigenvalue weighted by atomic mass is 9.84. The van der Waals surface area contributed by atoms with Gasteiger partial charge >= 0.3 is 0 Å². The Labute approximate surface area is 185 Å². The van der Waals surface area contributed by atoms with Crippen LogP contribution in [0.4, 0.5) is 13.2 Å². The van der Waals surface area contributed by atoms with Crippen LogP contribution in [-0.2, 0) is 4.74 Å². The maximum Gasteiger partial charge on any atom is 0.200 e.